The van der Waals surface area contributed by atoms with Crippen LogP contribution in [0.4, 0.5) is 11.5 Å². The zero-order chi connectivity index (χ0) is 14.7. The Morgan fingerprint density at radius 3 is 2.80 bits per heavy atom. The van der Waals surface area contributed by atoms with E-state index in [-0.39, 0.29) is 11.7 Å². The molecule has 0 atom stereocenters. The standard InChI is InChI=1S/C12H9BrClIN4O/c13-6-3-8(11(19-16)17-5-6)12(20)18-10-2-1-7(15)4-9(10)14/h1-5H,16H2,(H,17,19)(H,18,20). The Kier molecular flexibility index (Phi) is 5.19. The third kappa shape index (κ3) is 3.60. The van der Waals surface area contributed by atoms with Crippen molar-refractivity contribution in [2.75, 3.05) is 10.7 Å². The highest BCUT2D eigenvalue weighted by atomic mass is 127. The van der Waals surface area contributed by atoms with Gasteiger partial charge < -0.3 is 10.7 Å². The van der Waals surface area contributed by atoms with Crippen molar-refractivity contribution in [2.45, 2.75) is 0 Å². The zero-order valence-corrected chi connectivity index (χ0v) is 14.5. The number of amides is 1. The van der Waals surface area contributed by atoms with Crippen molar-refractivity contribution in [2.24, 2.45) is 5.84 Å². The first-order valence-electron chi connectivity index (χ1n) is 5.40. The lowest BCUT2D eigenvalue weighted by atomic mass is 10.2. The number of nitrogens with zero attached hydrogens (tertiary/aromatic N) is 1. The van der Waals surface area contributed by atoms with E-state index in [1.165, 1.54) is 0 Å². The van der Waals surface area contributed by atoms with Crippen molar-refractivity contribution < 1.29 is 4.79 Å². The van der Waals surface area contributed by atoms with E-state index in [1.807, 2.05) is 6.07 Å². The lowest BCUT2D eigenvalue weighted by Gasteiger charge is -2.10. The number of hydrogen-bond donors (Lipinski definition) is 3. The highest BCUT2D eigenvalue weighted by molar-refractivity contribution is 14.1. The van der Waals surface area contributed by atoms with E-state index < -0.39 is 0 Å². The maximum atomic E-state index is 12.3. The maximum Gasteiger partial charge on any atom is 0.259 e. The number of hydrogen-bond acceptors (Lipinski definition) is 4. The minimum atomic E-state index is -0.352. The van der Waals surface area contributed by atoms with Gasteiger partial charge in [0.2, 0.25) is 0 Å². The van der Waals surface area contributed by atoms with Crippen molar-refractivity contribution in [3.63, 3.8) is 0 Å². The minimum Gasteiger partial charge on any atom is -0.321 e. The molecule has 104 valence electrons. The van der Waals surface area contributed by atoms with Gasteiger partial charge in [0.25, 0.3) is 5.91 Å². The molecule has 5 nitrogen and oxygen atoms in total. The van der Waals surface area contributed by atoms with Crippen LogP contribution in [0, 0.1) is 3.57 Å². The van der Waals surface area contributed by atoms with Gasteiger partial charge in [-0.1, -0.05) is 11.6 Å². The number of nitrogens with two attached hydrogens (primary N) is 1. The summed E-state index contributed by atoms with van der Waals surface area (Å²) < 4.78 is 1.66. The van der Waals surface area contributed by atoms with Crippen LogP contribution in [0.5, 0.6) is 0 Å². The highest BCUT2D eigenvalue weighted by Gasteiger charge is 2.14. The lowest BCUT2D eigenvalue weighted by Crippen LogP contribution is -2.18. The van der Waals surface area contributed by atoms with Crippen LogP contribution in [-0.4, -0.2) is 10.9 Å². The third-order valence-electron chi connectivity index (χ3n) is 2.42. The summed E-state index contributed by atoms with van der Waals surface area (Å²) in [5, 5.41) is 3.19. The van der Waals surface area contributed by atoms with Crippen LogP contribution in [0.25, 0.3) is 0 Å². The van der Waals surface area contributed by atoms with E-state index >= 15 is 0 Å². The summed E-state index contributed by atoms with van der Waals surface area (Å²) in [4.78, 5) is 16.3. The number of hydrazine groups is 1. The van der Waals surface area contributed by atoms with Crippen LogP contribution < -0.4 is 16.6 Å². The Balaban J connectivity index is 2.30. The first-order valence-corrected chi connectivity index (χ1v) is 7.65. The number of nitrogen functional groups attached to an aromatic ring is 1. The lowest BCUT2D eigenvalue weighted by molar-refractivity contribution is 0.102. The van der Waals surface area contributed by atoms with E-state index in [0.29, 0.717) is 20.7 Å². The first-order chi connectivity index (χ1) is 9.51. The van der Waals surface area contributed by atoms with Gasteiger partial charge >= 0.3 is 0 Å². The number of pyridine rings is 1. The van der Waals surface area contributed by atoms with Crippen molar-refractivity contribution >= 4 is 67.5 Å². The van der Waals surface area contributed by atoms with Gasteiger partial charge in [0.15, 0.2) is 5.82 Å². The van der Waals surface area contributed by atoms with Crippen LogP contribution in [0.3, 0.4) is 0 Å². The fraction of sp³-hybridized carbons (Fsp3) is 0. The predicted octanol–water partition coefficient (Wildman–Crippen LogP) is 3.64. The SMILES string of the molecule is NNc1ncc(Br)cc1C(=O)Nc1ccc(I)cc1Cl. The predicted molar refractivity (Wildman–Crippen MR) is 91.9 cm³/mol. The summed E-state index contributed by atoms with van der Waals surface area (Å²) in [5.74, 6) is 5.28. The molecular weight excluding hydrogens is 458 g/mol. The molecule has 1 aromatic heterocycles. The fourth-order valence-corrected chi connectivity index (χ4v) is 2.74. The molecule has 0 unspecified atom stereocenters. The van der Waals surface area contributed by atoms with Gasteiger partial charge in [-0.15, -0.1) is 0 Å². The second-order valence-electron chi connectivity index (χ2n) is 3.77. The van der Waals surface area contributed by atoms with Crippen molar-refractivity contribution in [1.29, 1.82) is 0 Å². The average Bonchev–Trinajstić information content (AvgIpc) is 2.41. The number of aromatic nitrogens is 1. The average molecular weight is 467 g/mol. The summed E-state index contributed by atoms with van der Waals surface area (Å²) in [6.07, 6.45) is 1.55. The molecule has 0 spiro atoms. The number of benzene rings is 1. The molecule has 2 rings (SSSR count). The molecule has 0 fully saturated rings. The molecule has 0 saturated carbocycles. The molecule has 1 aromatic carbocycles. The monoisotopic (exact) mass is 466 g/mol. The van der Waals surface area contributed by atoms with E-state index in [1.54, 1.807) is 24.4 Å². The number of nitrogens with one attached hydrogen (secondary N) is 2. The quantitative estimate of drug-likeness (QED) is 0.366. The molecule has 2 aromatic rings. The van der Waals surface area contributed by atoms with Gasteiger partial charge in [0.1, 0.15) is 0 Å². The van der Waals surface area contributed by atoms with E-state index in [9.17, 15) is 4.79 Å². The van der Waals surface area contributed by atoms with Gasteiger partial charge in [0, 0.05) is 14.2 Å². The van der Waals surface area contributed by atoms with E-state index in [0.717, 1.165) is 3.57 Å². The molecule has 1 amide bonds. The highest BCUT2D eigenvalue weighted by Crippen LogP contribution is 2.25. The Morgan fingerprint density at radius 1 is 1.40 bits per heavy atom. The Bertz CT molecular complexity index is 668. The normalized spacial score (nSPS) is 10.2. The molecule has 0 bridgehead atoms. The summed E-state index contributed by atoms with van der Waals surface area (Å²) in [5.41, 5.74) is 3.23. The van der Waals surface area contributed by atoms with Crippen LogP contribution >= 0.6 is 50.1 Å². The Morgan fingerprint density at radius 2 is 2.15 bits per heavy atom. The van der Waals surface area contributed by atoms with Gasteiger partial charge in [-0.2, -0.15) is 0 Å². The van der Waals surface area contributed by atoms with Crippen LogP contribution in [0.2, 0.25) is 5.02 Å². The number of anilines is 2. The molecule has 4 N–H and O–H groups in total. The van der Waals surface area contributed by atoms with Crippen molar-refractivity contribution in [3.05, 3.63) is 49.1 Å². The smallest absolute Gasteiger partial charge is 0.259 e. The molecule has 0 saturated heterocycles. The van der Waals surface area contributed by atoms with Crippen LogP contribution in [0.15, 0.2) is 34.9 Å². The van der Waals surface area contributed by atoms with Gasteiger partial charge in [-0.3, -0.25) is 4.79 Å². The van der Waals surface area contributed by atoms with Gasteiger partial charge in [-0.05, 0) is 62.8 Å². The molecule has 0 aliphatic heterocycles. The fourth-order valence-electron chi connectivity index (χ4n) is 1.51. The number of carbonyl (C=O) groups is 1. The molecule has 20 heavy (non-hydrogen) atoms. The Hall–Kier alpha value is -0.900. The summed E-state index contributed by atoms with van der Waals surface area (Å²) >= 11 is 11.5. The molecule has 0 aliphatic rings. The minimum absolute atomic E-state index is 0.285. The van der Waals surface area contributed by atoms with Gasteiger partial charge in [-0.25, -0.2) is 10.8 Å². The second kappa shape index (κ2) is 6.70. The maximum absolute atomic E-state index is 12.3. The van der Waals surface area contributed by atoms with Crippen LogP contribution in [0.1, 0.15) is 10.4 Å². The van der Waals surface area contributed by atoms with Gasteiger partial charge in [0.05, 0.1) is 16.3 Å². The Labute approximate surface area is 142 Å². The summed E-state index contributed by atoms with van der Waals surface area (Å²) in [6.45, 7) is 0. The van der Waals surface area contributed by atoms with E-state index in [4.69, 9.17) is 17.4 Å². The largest absolute Gasteiger partial charge is 0.321 e. The van der Waals surface area contributed by atoms with E-state index in [2.05, 4.69) is 54.2 Å². The molecule has 0 aliphatic carbocycles. The first kappa shape index (κ1) is 15.5. The number of halogens is 3. The van der Waals surface area contributed by atoms with Crippen LogP contribution in [-0.2, 0) is 0 Å². The zero-order valence-electron chi connectivity index (χ0n) is 9.95. The number of carbonyl (C=O) groups excluding carboxylic acids is 1. The van der Waals surface area contributed by atoms with Crippen molar-refractivity contribution in [1.82, 2.24) is 4.98 Å². The van der Waals surface area contributed by atoms with Crippen molar-refractivity contribution in [3.8, 4) is 0 Å². The molecular formula is C12H9BrClIN4O. The second-order valence-corrected chi connectivity index (χ2v) is 6.34. The summed E-state index contributed by atoms with van der Waals surface area (Å²) in [6, 6.07) is 6.98. The molecule has 0 radical (unpaired) electrons. The molecule has 1 heterocycles. The third-order valence-corrected chi connectivity index (χ3v) is 3.83. The number of rotatable bonds is 3. The summed E-state index contributed by atoms with van der Waals surface area (Å²) in [7, 11) is 0. The topological polar surface area (TPSA) is 80.0 Å². The molecule has 8 heteroatoms.